The minimum atomic E-state index is 0.116. The van der Waals surface area contributed by atoms with Gasteiger partial charge in [-0.25, -0.2) is 0 Å². The number of rotatable bonds is 6. The number of likely N-dealkylation sites (N-methyl/N-ethyl adjacent to an activating group) is 1. The Morgan fingerprint density at radius 3 is 2.30 bits per heavy atom. The van der Waals surface area contributed by atoms with E-state index in [0.29, 0.717) is 13.0 Å². The van der Waals surface area contributed by atoms with Gasteiger partial charge in [-0.1, -0.05) is 30.3 Å². The SMILES string of the molecule is CN(CCO)c1ccc(C(=O)Cc2ccccc2)cc1. The fourth-order valence-corrected chi connectivity index (χ4v) is 2.06. The zero-order chi connectivity index (χ0) is 14.4. The molecule has 2 aromatic rings. The summed E-state index contributed by atoms with van der Waals surface area (Å²) in [6, 6.07) is 17.2. The van der Waals surface area contributed by atoms with Gasteiger partial charge >= 0.3 is 0 Å². The zero-order valence-electron chi connectivity index (χ0n) is 11.6. The maximum absolute atomic E-state index is 12.2. The Balaban J connectivity index is 2.04. The highest BCUT2D eigenvalue weighted by Crippen LogP contribution is 2.15. The van der Waals surface area contributed by atoms with Crippen LogP contribution in [0, 0.1) is 0 Å². The lowest BCUT2D eigenvalue weighted by Crippen LogP contribution is -2.21. The second kappa shape index (κ2) is 6.87. The second-order valence-electron chi connectivity index (χ2n) is 4.78. The number of aliphatic hydroxyl groups excluding tert-OH is 1. The molecule has 0 amide bonds. The average molecular weight is 269 g/mol. The summed E-state index contributed by atoms with van der Waals surface area (Å²) in [4.78, 5) is 14.1. The highest BCUT2D eigenvalue weighted by atomic mass is 16.3. The number of carbonyl (C=O) groups is 1. The minimum Gasteiger partial charge on any atom is -0.395 e. The molecule has 2 aromatic carbocycles. The van der Waals surface area contributed by atoms with Crippen molar-refractivity contribution in [2.24, 2.45) is 0 Å². The van der Waals surface area contributed by atoms with Crippen LogP contribution in [0.3, 0.4) is 0 Å². The number of hydrogen-bond acceptors (Lipinski definition) is 3. The molecular weight excluding hydrogens is 250 g/mol. The molecule has 0 fully saturated rings. The summed E-state index contributed by atoms with van der Waals surface area (Å²) in [6.45, 7) is 0.697. The molecule has 2 rings (SSSR count). The van der Waals surface area contributed by atoms with Crippen LogP contribution in [-0.4, -0.2) is 31.1 Å². The van der Waals surface area contributed by atoms with Crippen LogP contribution in [0.2, 0.25) is 0 Å². The van der Waals surface area contributed by atoms with E-state index in [1.807, 2.05) is 66.5 Å². The molecule has 1 N–H and O–H groups in total. The molecule has 0 spiro atoms. The molecule has 0 heterocycles. The van der Waals surface area contributed by atoms with Crippen LogP contribution in [0.4, 0.5) is 5.69 Å². The van der Waals surface area contributed by atoms with Crippen molar-refractivity contribution in [3.8, 4) is 0 Å². The quantitative estimate of drug-likeness (QED) is 0.819. The van der Waals surface area contributed by atoms with Gasteiger partial charge < -0.3 is 10.0 Å². The molecule has 0 bridgehead atoms. The molecule has 0 radical (unpaired) electrons. The first-order valence-electron chi connectivity index (χ1n) is 6.70. The summed E-state index contributed by atoms with van der Waals surface area (Å²) in [5.74, 6) is 0.118. The summed E-state index contributed by atoms with van der Waals surface area (Å²) >= 11 is 0. The third kappa shape index (κ3) is 3.68. The summed E-state index contributed by atoms with van der Waals surface area (Å²) in [7, 11) is 1.91. The zero-order valence-corrected chi connectivity index (χ0v) is 11.6. The smallest absolute Gasteiger partial charge is 0.167 e. The second-order valence-corrected chi connectivity index (χ2v) is 4.78. The fraction of sp³-hybridized carbons (Fsp3) is 0.235. The van der Waals surface area contributed by atoms with Crippen molar-refractivity contribution < 1.29 is 9.90 Å². The average Bonchev–Trinajstić information content (AvgIpc) is 2.48. The molecule has 0 atom stereocenters. The van der Waals surface area contributed by atoms with Crippen LogP contribution in [0.1, 0.15) is 15.9 Å². The van der Waals surface area contributed by atoms with E-state index in [1.165, 1.54) is 0 Å². The number of carbonyl (C=O) groups excluding carboxylic acids is 1. The van der Waals surface area contributed by atoms with Crippen molar-refractivity contribution in [1.82, 2.24) is 0 Å². The van der Waals surface area contributed by atoms with Crippen LogP contribution in [-0.2, 0) is 6.42 Å². The van der Waals surface area contributed by atoms with Gasteiger partial charge in [-0.3, -0.25) is 4.79 Å². The van der Waals surface area contributed by atoms with E-state index in [4.69, 9.17) is 5.11 Å². The normalized spacial score (nSPS) is 10.3. The maximum atomic E-state index is 12.2. The topological polar surface area (TPSA) is 40.5 Å². The molecule has 0 aliphatic heterocycles. The number of ketones is 1. The lowest BCUT2D eigenvalue weighted by Gasteiger charge is -2.17. The summed E-state index contributed by atoms with van der Waals surface area (Å²) < 4.78 is 0. The van der Waals surface area contributed by atoms with Crippen LogP contribution in [0.5, 0.6) is 0 Å². The highest BCUT2D eigenvalue weighted by molar-refractivity contribution is 5.97. The first-order chi connectivity index (χ1) is 9.70. The van der Waals surface area contributed by atoms with Gasteiger partial charge in [0, 0.05) is 31.3 Å². The lowest BCUT2D eigenvalue weighted by molar-refractivity contribution is 0.0993. The van der Waals surface area contributed by atoms with Crippen molar-refractivity contribution in [1.29, 1.82) is 0 Å². The molecule has 3 heteroatoms. The highest BCUT2D eigenvalue weighted by Gasteiger charge is 2.07. The molecule has 3 nitrogen and oxygen atoms in total. The number of anilines is 1. The van der Waals surface area contributed by atoms with Crippen molar-refractivity contribution in [3.63, 3.8) is 0 Å². The number of benzene rings is 2. The molecule has 0 saturated heterocycles. The Hall–Kier alpha value is -2.13. The van der Waals surface area contributed by atoms with Crippen LogP contribution in [0.25, 0.3) is 0 Å². The summed E-state index contributed by atoms with van der Waals surface area (Å²) in [6.07, 6.45) is 0.423. The van der Waals surface area contributed by atoms with Gasteiger partial charge in [0.05, 0.1) is 6.61 Å². The van der Waals surface area contributed by atoms with Crippen LogP contribution < -0.4 is 4.90 Å². The predicted molar refractivity (Wildman–Crippen MR) is 81.3 cm³/mol. The van der Waals surface area contributed by atoms with E-state index >= 15 is 0 Å². The lowest BCUT2D eigenvalue weighted by atomic mass is 10.0. The van der Waals surface area contributed by atoms with Gasteiger partial charge in [0.2, 0.25) is 0 Å². The van der Waals surface area contributed by atoms with E-state index in [0.717, 1.165) is 16.8 Å². The number of nitrogens with zero attached hydrogens (tertiary/aromatic N) is 1. The van der Waals surface area contributed by atoms with Gasteiger partial charge in [0.15, 0.2) is 5.78 Å². The Labute approximate surface area is 119 Å². The number of hydrogen-bond donors (Lipinski definition) is 1. The Bertz CT molecular complexity index is 549. The molecule has 0 unspecified atom stereocenters. The third-order valence-corrected chi connectivity index (χ3v) is 3.27. The Kier molecular flexibility index (Phi) is 4.91. The van der Waals surface area contributed by atoms with E-state index < -0.39 is 0 Å². The first kappa shape index (κ1) is 14.3. The van der Waals surface area contributed by atoms with E-state index in [2.05, 4.69) is 0 Å². The van der Waals surface area contributed by atoms with Gasteiger partial charge in [0.25, 0.3) is 0 Å². The van der Waals surface area contributed by atoms with E-state index in [-0.39, 0.29) is 12.4 Å². The van der Waals surface area contributed by atoms with Crippen molar-refractivity contribution >= 4 is 11.5 Å². The molecule has 20 heavy (non-hydrogen) atoms. The molecule has 0 aliphatic rings. The minimum absolute atomic E-state index is 0.116. The molecule has 0 saturated carbocycles. The Morgan fingerprint density at radius 1 is 1.05 bits per heavy atom. The monoisotopic (exact) mass is 269 g/mol. The largest absolute Gasteiger partial charge is 0.395 e. The summed E-state index contributed by atoms with van der Waals surface area (Å²) in [5.41, 5.74) is 2.74. The van der Waals surface area contributed by atoms with Gasteiger partial charge in [-0.05, 0) is 29.8 Å². The van der Waals surface area contributed by atoms with Crippen LogP contribution in [0.15, 0.2) is 54.6 Å². The van der Waals surface area contributed by atoms with Gasteiger partial charge in [0.1, 0.15) is 0 Å². The van der Waals surface area contributed by atoms with Gasteiger partial charge in [-0.15, -0.1) is 0 Å². The van der Waals surface area contributed by atoms with E-state index in [9.17, 15) is 4.79 Å². The van der Waals surface area contributed by atoms with E-state index in [1.54, 1.807) is 0 Å². The molecule has 0 aromatic heterocycles. The number of Topliss-reactive ketones (excluding diaryl/α,β-unsaturated/α-hetero) is 1. The molecular formula is C17H19NO2. The fourth-order valence-electron chi connectivity index (χ4n) is 2.06. The van der Waals surface area contributed by atoms with Crippen molar-refractivity contribution in [3.05, 3.63) is 65.7 Å². The third-order valence-electron chi connectivity index (χ3n) is 3.27. The van der Waals surface area contributed by atoms with Crippen molar-refractivity contribution in [2.45, 2.75) is 6.42 Å². The van der Waals surface area contributed by atoms with Crippen molar-refractivity contribution in [2.75, 3.05) is 25.1 Å². The van der Waals surface area contributed by atoms with Crippen LogP contribution >= 0.6 is 0 Å². The first-order valence-corrected chi connectivity index (χ1v) is 6.70. The maximum Gasteiger partial charge on any atom is 0.167 e. The number of aliphatic hydroxyl groups is 1. The van der Waals surface area contributed by atoms with Gasteiger partial charge in [-0.2, -0.15) is 0 Å². The molecule has 0 aliphatic carbocycles. The molecule has 104 valence electrons. The summed E-state index contributed by atoms with van der Waals surface area (Å²) in [5, 5.41) is 8.91. The predicted octanol–water partition coefficient (Wildman–Crippen LogP) is 2.54. The Morgan fingerprint density at radius 2 is 1.70 bits per heavy atom. The standard InChI is InChI=1S/C17H19NO2/c1-18(11-12-19)16-9-7-15(8-10-16)17(20)13-14-5-3-2-4-6-14/h2-10,19H,11-13H2,1H3.